The highest BCUT2D eigenvalue weighted by Gasteiger charge is 2.26. The van der Waals surface area contributed by atoms with Crippen molar-refractivity contribution < 1.29 is 0 Å². The van der Waals surface area contributed by atoms with Gasteiger partial charge in [0, 0.05) is 25.4 Å². The van der Waals surface area contributed by atoms with Crippen LogP contribution in [0, 0.1) is 0 Å². The lowest BCUT2D eigenvalue weighted by atomic mass is 9.81. The number of thioether (sulfide) groups is 1. The zero-order chi connectivity index (χ0) is 19.9. The second kappa shape index (κ2) is 10.4. The van der Waals surface area contributed by atoms with Crippen LogP contribution in [0.3, 0.4) is 0 Å². The standard InChI is InChI=1S/C24H32N2S2/c1-25(2)17-19-9-11-21(12-10-19)22-13-15-23(16-14-22)26(3)24(27)28-18-20-7-5-4-6-8-20/h4-12,22-23H,13-18H2,1-3H3/t22-,23-. The van der Waals surface area contributed by atoms with Crippen molar-refractivity contribution in [3.8, 4) is 0 Å². The summed E-state index contributed by atoms with van der Waals surface area (Å²) in [5, 5.41) is 0. The quantitative estimate of drug-likeness (QED) is 0.543. The molecule has 0 radical (unpaired) electrons. The highest BCUT2D eigenvalue weighted by molar-refractivity contribution is 8.22. The summed E-state index contributed by atoms with van der Waals surface area (Å²) < 4.78 is 1.03. The van der Waals surface area contributed by atoms with E-state index in [4.69, 9.17) is 12.2 Å². The summed E-state index contributed by atoms with van der Waals surface area (Å²) in [5.41, 5.74) is 4.23. The van der Waals surface area contributed by atoms with Gasteiger partial charge in [-0.05, 0) is 62.4 Å². The number of hydrogen-bond donors (Lipinski definition) is 0. The SMILES string of the molecule is CN(C)Cc1ccc([C@H]2CC[C@H](N(C)C(=S)SCc3ccccc3)CC2)cc1. The Morgan fingerprint density at radius 2 is 1.54 bits per heavy atom. The fourth-order valence-electron chi connectivity index (χ4n) is 4.03. The van der Waals surface area contributed by atoms with E-state index in [0.717, 1.165) is 16.6 Å². The fraction of sp³-hybridized carbons (Fsp3) is 0.458. The van der Waals surface area contributed by atoms with Crippen LogP contribution in [-0.2, 0) is 12.3 Å². The van der Waals surface area contributed by atoms with Crippen molar-refractivity contribution in [2.45, 2.75) is 49.9 Å². The molecular formula is C24H32N2S2. The Morgan fingerprint density at radius 1 is 0.893 bits per heavy atom. The van der Waals surface area contributed by atoms with Gasteiger partial charge in [0.2, 0.25) is 0 Å². The number of thiocarbonyl (C=S) groups is 1. The molecule has 1 fully saturated rings. The summed E-state index contributed by atoms with van der Waals surface area (Å²) in [6, 6.07) is 20.4. The number of benzene rings is 2. The normalized spacial score (nSPS) is 19.6. The lowest BCUT2D eigenvalue weighted by Crippen LogP contribution is -2.37. The maximum absolute atomic E-state index is 5.71. The first-order valence-corrected chi connectivity index (χ1v) is 11.6. The first kappa shape index (κ1) is 21.4. The summed E-state index contributed by atoms with van der Waals surface area (Å²) in [5.74, 6) is 1.65. The van der Waals surface area contributed by atoms with Gasteiger partial charge in [-0.25, -0.2) is 0 Å². The third-order valence-electron chi connectivity index (χ3n) is 5.69. The van der Waals surface area contributed by atoms with Gasteiger partial charge in [-0.15, -0.1) is 0 Å². The van der Waals surface area contributed by atoms with E-state index < -0.39 is 0 Å². The number of nitrogens with zero attached hydrogens (tertiary/aromatic N) is 2. The van der Waals surface area contributed by atoms with Crippen molar-refractivity contribution in [2.75, 3.05) is 21.1 Å². The second-order valence-corrected chi connectivity index (χ2v) is 9.75. The van der Waals surface area contributed by atoms with Crippen LogP contribution in [0.2, 0.25) is 0 Å². The van der Waals surface area contributed by atoms with Gasteiger partial charge >= 0.3 is 0 Å². The molecule has 3 rings (SSSR count). The Morgan fingerprint density at radius 3 is 2.14 bits per heavy atom. The van der Waals surface area contributed by atoms with E-state index in [1.807, 2.05) is 0 Å². The molecular weight excluding hydrogens is 380 g/mol. The third-order valence-corrected chi connectivity index (χ3v) is 7.34. The Kier molecular flexibility index (Phi) is 7.95. The molecule has 150 valence electrons. The molecule has 2 aromatic carbocycles. The van der Waals surface area contributed by atoms with Gasteiger partial charge < -0.3 is 9.80 Å². The smallest absolute Gasteiger partial charge is 0.136 e. The minimum atomic E-state index is 0.583. The van der Waals surface area contributed by atoms with E-state index in [0.29, 0.717) is 12.0 Å². The van der Waals surface area contributed by atoms with Gasteiger partial charge in [0.15, 0.2) is 0 Å². The molecule has 0 atom stereocenters. The van der Waals surface area contributed by atoms with Gasteiger partial charge in [-0.1, -0.05) is 78.6 Å². The van der Waals surface area contributed by atoms with Crippen LogP contribution in [0.1, 0.15) is 48.3 Å². The van der Waals surface area contributed by atoms with Crippen molar-refractivity contribution in [2.24, 2.45) is 0 Å². The molecule has 0 amide bonds. The predicted molar refractivity (Wildman–Crippen MR) is 127 cm³/mol. The van der Waals surface area contributed by atoms with Crippen LogP contribution in [0.4, 0.5) is 0 Å². The lowest BCUT2D eigenvalue weighted by molar-refractivity contribution is 0.267. The van der Waals surface area contributed by atoms with Crippen LogP contribution in [-0.4, -0.2) is 41.3 Å². The van der Waals surface area contributed by atoms with E-state index >= 15 is 0 Å². The molecule has 28 heavy (non-hydrogen) atoms. The van der Waals surface area contributed by atoms with Crippen molar-refractivity contribution in [3.05, 3.63) is 71.3 Å². The van der Waals surface area contributed by atoms with Gasteiger partial charge in [-0.2, -0.15) is 0 Å². The van der Waals surface area contributed by atoms with Gasteiger partial charge in [0.1, 0.15) is 4.32 Å². The number of hydrogen-bond acceptors (Lipinski definition) is 3. The molecule has 0 spiro atoms. The zero-order valence-corrected chi connectivity index (χ0v) is 18.9. The molecule has 1 aliphatic carbocycles. The molecule has 0 aromatic heterocycles. The lowest BCUT2D eigenvalue weighted by Gasteiger charge is -2.36. The molecule has 0 aliphatic heterocycles. The number of rotatable bonds is 6. The minimum Gasteiger partial charge on any atom is -0.358 e. The van der Waals surface area contributed by atoms with Crippen LogP contribution in [0.15, 0.2) is 54.6 Å². The molecule has 0 saturated heterocycles. The summed E-state index contributed by atoms with van der Waals surface area (Å²) >= 11 is 7.50. The van der Waals surface area contributed by atoms with E-state index in [1.165, 1.54) is 42.4 Å². The first-order valence-electron chi connectivity index (χ1n) is 10.2. The fourth-order valence-corrected chi connectivity index (χ4v) is 5.19. The third kappa shape index (κ3) is 6.07. The topological polar surface area (TPSA) is 6.48 Å². The highest BCUT2D eigenvalue weighted by atomic mass is 32.2. The van der Waals surface area contributed by atoms with Crippen LogP contribution >= 0.6 is 24.0 Å². The van der Waals surface area contributed by atoms with Gasteiger partial charge in [0.05, 0.1) is 0 Å². The van der Waals surface area contributed by atoms with Crippen LogP contribution in [0.5, 0.6) is 0 Å². The maximum Gasteiger partial charge on any atom is 0.136 e. The van der Waals surface area contributed by atoms with Crippen LogP contribution in [0.25, 0.3) is 0 Å². The monoisotopic (exact) mass is 412 g/mol. The summed E-state index contributed by atoms with van der Waals surface area (Å²) in [6.07, 6.45) is 4.97. The predicted octanol–water partition coefficient (Wildman–Crippen LogP) is 5.92. The molecule has 1 saturated carbocycles. The first-order chi connectivity index (χ1) is 13.5. The zero-order valence-electron chi connectivity index (χ0n) is 17.3. The van der Waals surface area contributed by atoms with E-state index in [9.17, 15) is 0 Å². The Balaban J connectivity index is 1.46. The highest BCUT2D eigenvalue weighted by Crippen LogP contribution is 2.35. The second-order valence-electron chi connectivity index (χ2n) is 8.14. The van der Waals surface area contributed by atoms with Crippen molar-refractivity contribution in [3.63, 3.8) is 0 Å². The van der Waals surface area contributed by atoms with E-state index in [1.54, 1.807) is 11.8 Å². The van der Waals surface area contributed by atoms with Gasteiger partial charge in [-0.3, -0.25) is 0 Å². The molecule has 2 aromatic rings. The Labute approximate surface area is 180 Å². The molecule has 4 heteroatoms. The summed E-state index contributed by atoms with van der Waals surface area (Å²) in [7, 11) is 6.42. The average Bonchev–Trinajstić information content (AvgIpc) is 2.72. The maximum atomic E-state index is 5.71. The van der Waals surface area contributed by atoms with Crippen molar-refractivity contribution in [1.29, 1.82) is 0 Å². The van der Waals surface area contributed by atoms with Crippen molar-refractivity contribution in [1.82, 2.24) is 9.80 Å². The van der Waals surface area contributed by atoms with E-state index in [2.05, 4.69) is 85.5 Å². The largest absolute Gasteiger partial charge is 0.358 e. The van der Waals surface area contributed by atoms with E-state index in [-0.39, 0.29) is 0 Å². The molecule has 0 N–H and O–H groups in total. The van der Waals surface area contributed by atoms with Gasteiger partial charge in [0.25, 0.3) is 0 Å². The van der Waals surface area contributed by atoms with Crippen molar-refractivity contribution >= 4 is 28.3 Å². The Bertz CT molecular complexity index is 735. The summed E-state index contributed by atoms with van der Waals surface area (Å²) in [6.45, 7) is 1.01. The minimum absolute atomic E-state index is 0.583. The molecule has 0 heterocycles. The van der Waals surface area contributed by atoms with Crippen LogP contribution < -0.4 is 0 Å². The average molecular weight is 413 g/mol. The molecule has 1 aliphatic rings. The Hall–Kier alpha value is -1.36. The summed E-state index contributed by atoms with van der Waals surface area (Å²) in [4.78, 5) is 4.56. The molecule has 0 unspecified atom stereocenters. The molecule has 2 nitrogen and oxygen atoms in total. The molecule has 0 bridgehead atoms.